The molecule has 1 amide bonds. The number of hydrogen-bond acceptors (Lipinski definition) is 7. The number of nitrogen functional groups attached to an aromatic ring is 1. The number of anilines is 1. The Hall–Kier alpha value is -3.46. The van der Waals surface area contributed by atoms with Gasteiger partial charge in [-0.1, -0.05) is 17.3 Å². The lowest BCUT2D eigenvalue weighted by molar-refractivity contribution is -0.141. The molecule has 4 rings (SSSR count). The Balaban J connectivity index is 1.44. The average Bonchev–Trinajstić information content (AvgIpc) is 3.43. The Morgan fingerprint density at radius 2 is 2.07 bits per heavy atom. The normalized spacial score (nSPS) is 17.1. The van der Waals surface area contributed by atoms with Crippen molar-refractivity contribution in [3.8, 4) is 17.1 Å². The van der Waals surface area contributed by atoms with Crippen molar-refractivity contribution in [1.29, 1.82) is 0 Å². The number of rotatable bonds is 6. The SMILES string of the molecule is COc1ccc([C@@H](O)C(=O)N2CCC[C@@H]2Cn2cc(-c3ccc(N)cn3)nn2)cc1. The van der Waals surface area contributed by atoms with Gasteiger partial charge in [0.1, 0.15) is 11.4 Å². The maximum atomic E-state index is 12.9. The Morgan fingerprint density at radius 1 is 1.27 bits per heavy atom. The Bertz CT molecular complexity index is 1000. The van der Waals surface area contributed by atoms with Crippen LogP contribution in [0, 0.1) is 0 Å². The van der Waals surface area contributed by atoms with E-state index < -0.39 is 6.10 Å². The summed E-state index contributed by atoms with van der Waals surface area (Å²) in [5.74, 6) is 0.373. The molecule has 9 heteroatoms. The van der Waals surface area contributed by atoms with Gasteiger partial charge in [0.05, 0.1) is 43.5 Å². The lowest BCUT2D eigenvalue weighted by Crippen LogP contribution is -2.41. The van der Waals surface area contributed by atoms with E-state index in [2.05, 4.69) is 15.3 Å². The molecular formula is C21H24N6O3. The Kier molecular flexibility index (Phi) is 5.62. The van der Waals surface area contributed by atoms with Crippen molar-refractivity contribution in [3.63, 3.8) is 0 Å². The summed E-state index contributed by atoms with van der Waals surface area (Å²) in [5.41, 5.74) is 8.13. The van der Waals surface area contributed by atoms with E-state index in [9.17, 15) is 9.90 Å². The van der Waals surface area contributed by atoms with Crippen LogP contribution in [0.25, 0.3) is 11.4 Å². The number of amides is 1. The number of carbonyl (C=O) groups is 1. The standard InChI is InChI=1S/C21H24N6O3/c1-30-17-7-4-14(5-8-17)20(28)21(29)27-10-2-3-16(27)12-26-13-19(24-25-26)18-9-6-15(22)11-23-18/h4-9,11,13,16,20,28H,2-3,10,12,22H2,1H3/t16-,20-/m1/s1. The molecule has 30 heavy (non-hydrogen) atoms. The first-order valence-electron chi connectivity index (χ1n) is 9.79. The largest absolute Gasteiger partial charge is 0.497 e. The van der Waals surface area contributed by atoms with Gasteiger partial charge in [-0.2, -0.15) is 0 Å². The monoisotopic (exact) mass is 408 g/mol. The van der Waals surface area contributed by atoms with Crippen LogP contribution < -0.4 is 10.5 Å². The molecule has 2 aromatic heterocycles. The fourth-order valence-corrected chi connectivity index (χ4v) is 3.68. The van der Waals surface area contributed by atoms with Crippen molar-refractivity contribution in [3.05, 3.63) is 54.4 Å². The predicted octanol–water partition coefficient (Wildman–Crippen LogP) is 1.66. The molecule has 0 spiro atoms. The van der Waals surface area contributed by atoms with E-state index in [0.717, 1.165) is 12.8 Å². The third-order valence-corrected chi connectivity index (χ3v) is 5.31. The molecule has 0 radical (unpaired) electrons. The van der Waals surface area contributed by atoms with Gasteiger partial charge in [-0.25, -0.2) is 4.68 Å². The molecule has 0 unspecified atom stereocenters. The van der Waals surface area contributed by atoms with Crippen molar-refractivity contribution in [1.82, 2.24) is 24.9 Å². The number of methoxy groups -OCH3 is 1. The number of ether oxygens (including phenoxy) is 1. The highest BCUT2D eigenvalue weighted by Gasteiger charge is 2.33. The highest BCUT2D eigenvalue weighted by atomic mass is 16.5. The number of aliphatic hydroxyl groups is 1. The highest BCUT2D eigenvalue weighted by Crippen LogP contribution is 2.26. The summed E-state index contributed by atoms with van der Waals surface area (Å²) in [4.78, 5) is 18.9. The van der Waals surface area contributed by atoms with E-state index in [1.807, 2.05) is 0 Å². The van der Waals surface area contributed by atoms with E-state index in [-0.39, 0.29) is 11.9 Å². The topological polar surface area (TPSA) is 119 Å². The summed E-state index contributed by atoms with van der Waals surface area (Å²) < 4.78 is 6.84. The molecular weight excluding hydrogens is 384 g/mol. The van der Waals surface area contributed by atoms with Crippen molar-refractivity contribution in [2.45, 2.75) is 31.5 Å². The Morgan fingerprint density at radius 3 is 2.77 bits per heavy atom. The summed E-state index contributed by atoms with van der Waals surface area (Å²) in [7, 11) is 1.57. The summed E-state index contributed by atoms with van der Waals surface area (Å²) in [6.07, 6.45) is 3.90. The van der Waals surface area contributed by atoms with Gasteiger partial charge in [-0.15, -0.1) is 5.10 Å². The van der Waals surface area contributed by atoms with Crippen molar-refractivity contribution < 1.29 is 14.6 Å². The zero-order valence-corrected chi connectivity index (χ0v) is 16.7. The van der Waals surface area contributed by atoms with Gasteiger partial charge in [-0.3, -0.25) is 9.78 Å². The van der Waals surface area contributed by atoms with E-state index in [1.54, 1.807) is 65.5 Å². The maximum absolute atomic E-state index is 12.9. The quantitative estimate of drug-likeness (QED) is 0.636. The third kappa shape index (κ3) is 4.11. The van der Waals surface area contributed by atoms with Crippen LogP contribution in [0.2, 0.25) is 0 Å². The number of pyridine rings is 1. The summed E-state index contributed by atoms with van der Waals surface area (Å²) >= 11 is 0. The first-order valence-corrected chi connectivity index (χ1v) is 9.79. The van der Waals surface area contributed by atoms with Crippen LogP contribution in [0.15, 0.2) is 48.8 Å². The number of aromatic nitrogens is 4. The molecule has 1 aromatic carbocycles. The van der Waals surface area contributed by atoms with E-state index in [4.69, 9.17) is 10.5 Å². The summed E-state index contributed by atoms with van der Waals surface area (Å²) in [6.45, 7) is 1.11. The van der Waals surface area contributed by atoms with E-state index >= 15 is 0 Å². The molecule has 1 aliphatic rings. The van der Waals surface area contributed by atoms with Gasteiger partial charge in [0.25, 0.3) is 5.91 Å². The first kappa shape index (κ1) is 19.8. The number of nitrogens with two attached hydrogens (primary N) is 1. The van der Waals surface area contributed by atoms with Gasteiger partial charge in [-0.05, 0) is 42.7 Å². The van der Waals surface area contributed by atoms with Crippen LogP contribution in [0.1, 0.15) is 24.5 Å². The first-order chi connectivity index (χ1) is 14.5. The van der Waals surface area contributed by atoms with Crippen LogP contribution in [-0.2, 0) is 11.3 Å². The van der Waals surface area contributed by atoms with Crippen LogP contribution in [0.4, 0.5) is 5.69 Å². The van der Waals surface area contributed by atoms with Crippen molar-refractivity contribution in [2.75, 3.05) is 19.4 Å². The predicted molar refractivity (Wildman–Crippen MR) is 110 cm³/mol. The molecule has 9 nitrogen and oxygen atoms in total. The number of benzene rings is 1. The number of nitrogens with zero attached hydrogens (tertiary/aromatic N) is 5. The number of likely N-dealkylation sites (tertiary alicyclic amines) is 1. The summed E-state index contributed by atoms with van der Waals surface area (Å²) in [6, 6.07) is 10.4. The zero-order chi connectivity index (χ0) is 21.1. The van der Waals surface area contributed by atoms with Gasteiger partial charge < -0.3 is 20.5 Å². The molecule has 1 saturated heterocycles. The zero-order valence-electron chi connectivity index (χ0n) is 16.7. The molecule has 3 heterocycles. The van der Waals surface area contributed by atoms with Gasteiger partial charge in [0, 0.05) is 6.54 Å². The van der Waals surface area contributed by atoms with Crippen LogP contribution >= 0.6 is 0 Å². The molecule has 3 aromatic rings. The fourth-order valence-electron chi connectivity index (χ4n) is 3.68. The average molecular weight is 408 g/mol. The second kappa shape index (κ2) is 8.50. The minimum atomic E-state index is -1.21. The van der Waals surface area contributed by atoms with Crippen LogP contribution in [-0.4, -0.2) is 55.6 Å². The smallest absolute Gasteiger partial charge is 0.256 e. The molecule has 2 atom stereocenters. The number of carbonyl (C=O) groups excluding carboxylic acids is 1. The lowest BCUT2D eigenvalue weighted by atomic mass is 10.1. The van der Waals surface area contributed by atoms with Crippen LogP contribution in [0.3, 0.4) is 0 Å². The molecule has 156 valence electrons. The molecule has 0 bridgehead atoms. The number of hydrogen-bond donors (Lipinski definition) is 2. The van der Waals surface area contributed by atoms with Gasteiger partial charge in [0.2, 0.25) is 0 Å². The summed E-state index contributed by atoms with van der Waals surface area (Å²) in [5, 5.41) is 18.9. The molecule has 3 N–H and O–H groups in total. The fraction of sp³-hybridized carbons (Fsp3) is 0.333. The minimum Gasteiger partial charge on any atom is -0.497 e. The van der Waals surface area contributed by atoms with Gasteiger partial charge >= 0.3 is 0 Å². The van der Waals surface area contributed by atoms with E-state index in [0.29, 0.717) is 41.5 Å². The lowest BCUT2D eigenvalue weighted by Gasteiger charge is -2.27. The van der Waals surface area contributed by atoms with Crippen molar-refractivity contribution in [2.24, 2.45) is 0 Å². The Labute approximate surface area is 174 Å². The molecule has 1 fully saturated rings. The van der Waals surface area contributed by atoms with Crippen LogP contribution in [0.5, 0.6) is 5.75 Å². The highest BCUT2D eigenvalue weighted by molar-refractivity contribution is 5.82. The third-order valence-electron chi connectivity index (χ3n) is 5.31. The second-order valence-electron chi connectivity index (χ2n) is 7.31. The van der Waals surface area contributed by atoms with Crippen molar-refractivity contribution >= 4 is 11.6 Å². The number of aliphatic hydroxyl groups excluding tert-OH is 1. The molecule has 0 saturated carbocycles. The molecule has 1 aliphatic heterocycles. The second-order valence-corrected chi connectivity index (χ2v) is 7.31. The minimum absolute atomic E-state index is 0.0562. The van der Waals surface area contributed by atoms with Gasteiger partial charge in [0.15, 0.2) is 6.10 Å². The van der Waals surface area contributed by atoms with E-state index in [1.165, 1.54) is 0 Å². The maximum Gasteiger partial charge on any atom is 0.256 e. The molecule has 0 aliphatic carbocycles.